The number of halogens is 1. The standard InChI is InChI=1S/C15H13FO2/c1-9-5-3-4-6-12(9)11-7-10(2)14(15(17)18)13(16)8-11/h3-8H,1-2H3,(H,17,18). The van der Waals surface area contributed by atoms with Gasteiger partial charge in [-0.15, -0.1) is 0 Å². The molecule has 2 aromatic carbocycles. The zero-order chi connectivity index (χ0) is 13.3. The van der Waals surface area contributed by atoms with Gasteiger partial charge in [-0.3, -0.25) is 0 Å². The lowest BCUT2D eigenvalue weighted by Crippen LogP contribution is -2.04. The van der Waals surface area contributed by atoms with Gasteiger partial charge in [-0.2, -0.15) is 0 Å². The summed E-state index contributed by atoms with van der Waals surface area (Å²) in [6.45, 7) is 3.54. The smallest absolute Gasteiger partial charge is 0.338 e. The summed E-state index contributed by atoms with van der Waals surface area (Å²) >= 11 is 0. The number of hydrogen-bond donors (Lipinski definition) is 1. The largest absolute Gasteiger partial charge is 0.478 e. The van der Waals surface area contributed by atoms with E-state index in [9.17, 15) is 9.18 Å². The first-order valence-corrected chi connectivity index (χ1v) is 5.60. The molecule has 2 nitrogen and oxygen atoms in total. The third-order valence-electron chi connectivity index (χ3n) is 2.96. The second-order valence-electron chi connectivity index (χ2n) is 4.27. The zero-order valence-corrected chi connectivity index (χ0v) is 10.2. The predicted octanol–water partition coefficient (Wildman–Crippen LogP) is 3.81. The monoisotopic (exact) mass is 244 g/mol. The second kappa shape index (κ2) is 4.61. The zero-order valence-electron chi connectivity index (χ0n) is 10.2. The van der Waals surface area contributed by atoms with Gasteiger partial charge in [-0.25, -0.2) is 9.18 Å². The Morgan fingerprint density at radius 1 is 1.11 bits per heavy atom. The van der Waals surface area contributed by atoms with Crippen LogP contribution in [0.1, 0.15) is 21.5 Å². The summed E-state index contributed by atoms with van der Waals surface area (Å²) in [6.07, 6.45) is 0. The van der Waals surface area contributed by atoms with Gasteiger partial charge in [0.25, 0.3) is 0 Å². The first-order valence-electron chi connectivity index (χ1n) is 5.60. The third kappa shape index (κ3) is 2.12. The van der Waals surface area contributed by atoms with Crippen LogP contribution in [0.2, 0.25) is 0 Å². The van der Waals surface area contributed by atoms with Crippen LogP contribution in [0.4, 0.5) is 4.39 Å². The molecule has 0 saturated heterocycles. The van der Waals surface area contributed by atoms with Gasteiger partial charge in [-0.1, -0.05) is 30.3 Å². The van der Waals surface area contributed by atoms with Gasteiger partial charge in [-0.05, 0) is 42.2 Å². The molecule has 2 aromatic rings. The lowest BCUT2D eigenvalue weighted by Gasteiger charge is -2.09. The van der Waals surface area contributed by atoms with Crippen molar-refractivity contribution in [1.82, 2.24) is 0 Å². The summed E-state index contributed by atoms with van der Waals surface area (Å²) in [5.41, 5.74) is 2.82. The molecule has 0 aliphatic carbocycles. The van der Waals surface area contributed by atoms with Gasteiger partial charge in [0.2, 0.25) is 0 Å². The molecule has 2 rings (SSSR count). The van der Waals surface area contributed by atoms with E-state index in [0.29, 0.717) is 11.1 Å². The van der Waals surface area contributed by atoms with Crippen molar-refractivity contribution in [3.05, 3.63) is 58.9 Å². The van der Waals surface area contributed by atoms with E-state index >= 15 is 0 Å². The number of carboxylic acid groups (broad SMARTS) is 1. The molecule has 0 amide bonds. The number of benzene rings is 2. The van der Waals surface area contributed by atoms with E-state index in [4.69, 9.17) is 5.11 Å². The van der Waals surface area contributed by atoms with Crippen molar-refractivity contribution in [1.29, 1.82) is 0 Å². The van der Waals surface area contributed by atoms with E-state index in [-0.39, 0.29) is 5.56 Å². The molecule has 1 N–H and O–H groups in total. The molecule has 0 fully saturated rings. The first-order chi connectivity index (χ1) is 8.50. The molecule has 0 aliphatic heterocycles. The number of carbonyl (C=O) groups is 1. The Kier molecular flexibility index (Phi) is 3.15. The average molecular weight is 244 g/mol. The van der Waals surface area contributed by atoms with Crippen molar-refractivity contribution in [2.45, 2.75) is 13.8 Å². The van der Waals surface area contributed by atoms with Crippen LogP contribution in [-0.4, -0.2) is 11.1 Å². The van der Waals surface area contributed by atoms with Crippen molar-refractivity contribution in [2.75, 3.05) is 0 Å². The van der Waals surface area contributed by atoms with E-state index in [1.54, 1.807) is 13.0 Å². The summed E-state index contributed by atoms with van der Waals surface area (Å²) in [6, 6.07) is 10.6. The minimum absolute atomic E-state index is 0.257. The van der Waals surface area contributed by atoms with Crippen molar-refractivity contribution in [3.63, 3.8) is 0 Å². The predicted molar refractivity (Wildman–Crippen MR) is 68.3 cm³/mol. The van der Waals surface area contributed by atoms with E-state index in [0.717, 1.165) is 11.1 Å². The van der Waals surface area contributed by atoms with Gasteiger partial charge >= 0.3 is 5.97 Å². The maximum absolute atomic E-state index is 13.8. The van der Waals surface area contributed by atoms with Gasteiger partial charge in [0.05, 0.1) is 5.56 Å². The molecule has 0 radical (unpaired) electrons. The summed E-state index contributed by atoms with van der Waals surface area (Å²) in [7, 11) is 0. The van der Waals surface area contributed by atoms with Crippen LogP contribution >= 0.6 is 0 Å². The summed E-state index contributed by atoms with van der Waals surface area (Å²) in [4.78, 5) is 10.9. The fourth-order valence-electron chi connectivity index (χ4n) is 2.07. The minimum Gasteiger partial charge on any atom is -0.478 e. The molecular weight excluding hydrogens is 231 g/mol. The van der Waals surface area contributed by atoms with Crippen molar-refractivity contribution in [2.24, 2.45) is 0 Å². The molecule has 3 heteroatoms. The highest BCUT2D eigenvalue weighted by Crippen LogP contribution is 2.27. The minimum atomic E-state index is -1.23. The van der Waals surface area contributed by atoms with Gasteiger partial charge in [0.1, 0.15) is 5.82 Å². The second-order valence-corrected chi connectivity index (χ2v) is 4.27. The van der Waals surface area contributed by atoms with Crippen molar-refractivity contribution in [3.8, 4) is 11.1 Å². The number of aromatic carboxylic acids is 1. The number of aryl methyl sites for hydroxylation is 2. The molecule has 0 aromatic heterocycles. The quantitative estimate of drug-likeness (QED) is 0.872. The highest BCUT2D eigenvalue weighted by molar-refractivity contribution is 5.90. The Hall–Kier alpha value is -2.16. The molecule has 0 bridgehead atoms. The molecule has 0 saturated carbocycles. The fraction of sp³-hybridized carbons (Fsp3) is 0.133. The molecule has 0 heterocycles. The van der Waals surface area contributed by atoms with Gasteiger partial charge in [0, 0.05) is 0 Å². The Morgan fingerprint density at radius 3 is 2.33 bits per heavy atom. The SMILES string of the molecule is Cc1ccccc1-c1cc(C)c(C(=O)O)c(F)c1. The van der Waals surface area contributed by atoms with E-state index in [1.165, 1.54) is 6.07 Å². The van der Waals surface area contributed by atoms with E-state index in [1.807, 2.05) is 31.2 Å². The molecule has 0 aliphatic rings. The van der Waals surface area contributed by atoms with Crippen molar-refractivity contribution < 1.29 is 14.3 Å². The molecule has 0 spiro atoms. The topological polar surface area (TPSA) is 37.3 Å². The summed E-state index contributed by atoms with van der Waals surface area (Å²) < 4.78 is 13.8. The van der Waals surface area contributed by atoms with E-state index in [2.05, 4.69) is 0 Å². The van der Waals surface area contributed by atoms with Crippen molar-refractivity contribution >= 4 is 5.97 Å². The van der Waals surface area contributed by atoms with Crippen LogP contribution in [0, 0.1) is 19.7 Å². The molecule has 0 atom stereocenters. The Bertz CT molecular complexity index is 595. The maximum atomic E-state index is 13.8. The number of rotatable bonds is 2. The van der Waals surface area contributed by atoms with Crippen LogP contribution < -0.4 is 0 Å². The summed E-state index contributed by atoms with van der Waals surface area (Å²) in [5, 5.41) is 8.92. The Morgan fingerprint density at radius 2 is 1.78 bits per heavy atom. The number of carboxylic acids is 1. The number of hydrogen-bond acceptors (Lipinski definition) is 1. The van der Waals surface area contributed by atoms with Crippen LogP contribution in [0.3, 0.4) is 0 Å². The Labute approximate surface area is 105 Å². The molecule has 0 unspecified atom stereocenters. The molecule has 92 valence electrons. The van der Waals surface area contributed by atoms with Crippen LogP contribution in [0.5, 0.6) is 0 Å². The van der Waals surface area contributed by atoms with E-state index < -0.39 is 11.8 Å². The van der Waals surface area contributed by atoms with Gasteiger partial charge < -0.3 is 5.11 Å². The van der Waals surface area contributed by atoms with Crippen LogP contribution in [0.15, 0.2) is 36.4 Å². The average Bonchev–Trinajstić information content (AvgIpc) is 2.27. The Balaban J connectivity index is 2.62. The molecular formula is C15H13FO2. The summed E-state index contributed by atoms with van der Waals surface area (Å²) in [5.74, 6) is -1.93. The first kappa shape index (κ1) is 12.3. The fourth-order valence-corrected chi connectivity index (χ4v) is 2.07. The molecule has 18 heavy (non-hydrogen) atoms. The van der Waals surface area contributed by atoms with Gasteiger partial charge in [0.15, 0.2) is 0 Å². The maximum Gasteiger partial charge on any atom is 0.338 e. The highest BCUT2D eigenvalue weighted by Gasteiger charge is 2.15. The lowest BCUT2D eigenvalue weighted by atomic mass is 9.96. The van der Waals surface area contributed by atoms with Crippen LogP contribution in [0.25, 0.3) is 11.1 Å². The lowest BCUT2D eigenvalue weighted by molar-refractivity contribution is 0.0691. The van der Waals surface area contributed by atoms with Crippen LogP contribution in [-0.2, 0) is 0 Å². The normalized spacial score (nSPS) is 10.4. The highest BCUT2D eigenvalue weighted by atomic mass is 19.1. The third-order valence-corrected chi connectivity index (χ3v) is 2.96.